The molecule has 0 aliphatic heterocycles. The van der Waals surface area contributed by atoms with Crippen molar-refractivity contribution in [1.29, 1.82) is 0 Å². The van der Waals surface area contributed by atoms with E-state index in [0.717, 1.165) is 0 Å². The average Bonchev–Trinajstić information content (AvgIpc) is 3.28. The first kappa shape index (κ1) is 16.0. The van der Waals surface area contributed by atoms with Crippen molar-refractivity contribution in [3.8, 4) is 0 Å². The predicted octanol–water partition coefficient (Wildman–Crippen LogP) is 4.08. The maximum atomic E-state index is 12.4. The summed E-state index contributed by atoms with van der Waals surface area (Å²) in [5, 5.41) is 7.50. The van der Waals surface area contributed by atoms with E-state index >= 15 is 0 Å². The van der Waals surface area contributed by atoms with Crippen molar-refractivity contribution >= 4 is 28.8 Å². The molecule has 0 spiro atoms. The summed E-state index contributed by atoms with van der Waals surface area (Å²) >= 11 is 1.37. The second kappa shape index (κ2) is 7.14. The smallest absolute Gasteiger partial charge is 0.265 e. The Morgan fingerprint density at radius 2 is 1.96 bits per heavy atom. The van der Waals surface area contributed by atoms with Crippen LogP contribution in [0.25, 0.3) is 0 Å². The zero-order chi connectivity index (χ0) is 16.9. The molecule has 3 aromatic rings. The lowest BCUT2D eigenvalue weighted by Gasteiger charge is -2.12. The minimum absolute atomic E-state index is 0.188. The van der Waals surface area contributed by atoms with E-state index in [1.165, 1.54) is 11.3 Å². The van der Waals surface area contributed by atoms with Crippen LogP contribution in [-0.2, 0) is 0 Å². The normalized spacial score (nSPS) is 11.7. The van der Waals surface area contributed by atoms with E-state index < -0.39 is 0 Å². The number of hydrogen-bond donors (Lipinski definition) is 2. The molecule has 1 aromatic carbocycles. The molecule has 2 N–H and O–H groups in total. The van der Waals surface area contributed by atoms with Crippen LogP contribution in [0.3, 0.4) is 0 Å². The zero-order valence-corrected chi connectivity index (χ0v) is 13.8. The molecule has 0 radical (unpaired) electrons. The van der Waals surface area contributed by atoms with Gasteiger partial charge in [-0.1, -0.05) is 12.1 Å². The Kier molecular flexibility index (Phi) is 4.77. The fourth-order valence-corrected chi connectivity index (χ4v) is 2.85. The van der Waals surface area contributed by atoms with Crippen LogP contribution >= 0.6 is 11.3 Å². The Morgan fingerprint density at radius 1 is 1.08 bits per heavy atom. The van der Waals surface area contributed by atoms with Crippen molar-refractivity contribution in [3.05, 3.63) is 76.4 Å². The van der Waals surface area contributed by atoms with E-state index in [0.29, 0.717) is 21.9 Å². The van der Waals surface area contributed by atoms with Crippen LogP contribution in [0, 0.1) is 0 Å². The largest absolute Gasteiger partial charge is 0.467 e. The molecule has 2 amide bonds. The van der Waals surface area contributed by atoms with Gasteiger partial charge in [0.1, 0.15) is 5.76 Å². The van der Waals surface area contributed by atoms with E-state index in [2.05, 4.69) is 10.6 Å². The van der Waals surface area contributed by atoms with E-state index in [-0.39, 0.29) is 17.9 Å². The topological polar surface area (TPSA) is 71.3 Å². The van der Waals surface area contributed by atoms with Gasteiger partial charge in [0, 0.05) is 11.3 Å². The minimum atomic E-state index is -0.239. The first-order chi connectivity index (χ1) is 11.6. The molecule has 5 nitrogen and oxygen atoms in total. The molecule has 3 rings (SSSR count). The monoisotopic (exact) mass is 340 g/mol. The van der Waals surface area contributed by atoms with Gasteiger partial charge in [0.15, 0.2) is 0 Å². The Morgan fingerprint density at radius 3 is 2.67 bits per heavy atom. The van der Waals surface area contributed by atoms with Crippen LogP contribution in [0.5, 0.6) is 0 Å². The second-order valence-electron chi connectivity index (χ2n) is 5.22. The van der Waals surface area contributed by atoms with Gasteiger partial charge < -0.3 is 15.1 Å². The number of carbonyl (C=O) groups excluding carboxylic acids is 2. The van der Waals surface area contributed by atoms with E-state index in [1.807, 2.05) is 24.4 Å². The molecule has 2 aromatic heterocycles. The van der Waals surface area contributed by atoms with Gasteiger partial charge >= 0.3 is 0 Å². The van der Waals surface area contributed by atoms with Crippen LogP contribution in [0.2, 0.25) is 0 Å². The van der Waals surface area contributed by atoms with Crippen LogP contribution in [0.4, 0.5) is 5.69 Å². The zero-order valence-electron chi connectivity index (χ0n) is 13.0. The van der Waals surface area contributed by atoms with Gasteiger partial charge in [0.25, 0.3) is 11.8 Å². The molecule has 6 heteroatoms. The van der Waals surface area contributed by atoms with Crippen molar-refractivity contribution in [2.24, 2.45) is 0 Å². The third-order valence-electron chi connectivity index (χ3n) is 3.45. The number of nitrogens with one attached hydrogen (secondary N) is 2. The third kappa shape index (κ3) is 3.72. The summed E-state index contributed by atoms with van der Waals surface area (Å²) in [6, 6.07) is 13.7. The standard InChI is InChI=1S/C18H16N2O3S/c1-12(15-7-3-9-23-15)19-17(21)13-5-2-6-14(11-13)20-18(22)16-8-4-10-24-16/h2-12H,1H3,(H,19,21)(H,20,22)/t12-/m1/s1. The molecule has 0 bridgehead atoms. The van der Waals surface area contributed by atoms with Gasteiger partial charge in [-0.25, -0.2) is 0 Å². The summed E-state index contributed by atoms with van der Waals surface area (Å²) in [6.45, 7) is 1.85. The number of hydrogen-bond acceptors (Lipinski definition) is 4. The maximum Gasteiger partial charge on any atom is 0.265 e. The van der Waals surface area contributed by atoms with Gasteiger partial charge in [-0.3, -0.25) is 9.59 Å². The lowest BCUT2D eigenvalue weighted by Crippen LogP contribution is -2.26. The van der Waals surface area contributed by atoms with Crippen LogP contribution in [-0.4, -0.2) is 11.8 Å². The second-order valence-corrected chi connectivity index (χ2v) is 6.17. The molecule has 2 heterocycles. The number of rotatable bonds is 5. The van der Waals surface area contributed by atoms with Crippen molar-refractivity contribution in [2.45, 2.75) is 13.0 Å². The molecule has 0 saturated carbocycles. The lowest BCUT2D eigenvalue weighted by molar-refractivity contribution is 0.0934. The van der Waals surface area contributed by atoms with Gasteiger partial charge in [-0.05, 0) is 48.7 Å². The number of benzene rings is 1. The maximum absolute atomic E-state index is 12.4. The Labute approximate surface area is 143 Å². The molecule has 0 aliphatic carbocycles. The number of thiophene rings is 1. The Bertz CT molecular complexity index is 826. The number of anilines is 1. The SMILES string of the molecule is C[C@@H](NC(=O)c1cccc(NC(=O)c2cccs2)c1)c1ccco1. The molecule has 122 valence electrons. The minimum Gasteiger partial charge on any atom is -0.467 e. The fourth-order valence-electron chi connectivity index (χ4n) is 2.23. The summed E-state index contributed by atoms with van der Waals surface area (Å²) < 4.78 is 5.28. The molecule has 0 saturated heterocycles. The molecular formula is C18H16N2O3S. The van der Waals surface area contributed by atoms with E-state index in [1.54, 1.807) is 42.7 Å². The van der Waals surface area contributed by atoms with Crippen molar-refractivity contribution in [2.75, 3.05) is 5.32 Å². The quantitative estimate of drug-likeness (QED) is 0.735. The molecule has 0 fully saturated rings. The Hall–Kier alpha value is -2.86. The van der Waals surface area contributed by atoms with Crippen molar-refractivity contribution in [3.63, 3.8) is 0 Å². The number of carbonyl (C=O) groups is 2. The van der Waals surface area contributed by atoms with E-state index in [4.69, 9.17) is 4.42 Å². The fraction of sp³-hybridized carbons (Fsp3) is 0.111. The summed E-state index contributed by atoms with van der Waals surface area (Å²) in [5.74, 6) is 0.267. The van der Waals surface area contributed by atoms with Crippen molar-refractivity contribution in [1.82, 2.24) is 5.32 Å². The van der Waals surface area contributed by atoms with E-state index in [9.17, 15) is 9.59 Å². The average molecular weight is 340 g/mol. The first-order valence-corrected chi connectivity index (χ1v) is 8.30. The first-order valence-electron chi connectivity index (χ1n) is 7.42. The summed E-state index contributed by atoms with van der Waals surface area (Å²) in [7, 11) is 0. The van der Waals surface area contributed by atoms with Crippen LogP contribution in [0.15, 0.2) is 64.6 Å². The van der Waals surface area contributed by atoms with Gasteiger partial charge in [0.05, 0.1) is 17.2 Å². The highest BCUT2D eigenvalue weighted by molar-refractivity contribution is 7.12. The molecule has 24 heavy (non-hydrogen) atoms. The summed E-state index contributed by atoms with van der Waals surface area (Å²) in [4.78, 5) is 25.1. The highest BCUT2D eigenvalue weighted by Gasteiger charge is 2.14. The van der Waals surface area contributed by atoms with Crippen LogP contribution in [0.1, 0.15) is 38.8 Å². The summed E-state index contributed by atoms with van der Waals surface area (Å²) in [5.41, 5.74) is 1.05. The van der Waals surface area contributed by atoms with Crippen molar-refractivity contribution < 1.29 is 14.0 Å². The molecular weight excluding hydrogens is 324 g/mol. The van der Waals surface area contributed by atoms with Gasteiger partial charge in [-0.15, -0.1) is 11.3 Å². The highest BCUT2D eigenvalue weighted by atomic mass is 32.1. The van der Waals surface area contributed by atoms with Gasteiger partial charge in [-0.2, -0.15) is 0 Å². The molecule has 0 aliphatic rings. The highest BCUT2D eigenvalue weighted by Crippen LogP contribution is 2.17. The Balaban J connectivity index is 1.68. The molecule has 1 atom stereocenters. The number of furan rings is 1. The van der Waals surface area contributed by atoms with Gasteiger partial charge in [0.2, 0.25) is 0 Å². The lowest BCUT2D eigenvalue weighted by atomic mass is 10.1. The third-order valence-corrected chi connectivity index (χ3v) is 4.31. The predicted molar refractivity (Wildman–Crippen MR) is 93.3 cm³/mol. The molecule has 0 unspecified atom stereocenters. The summed E-state index contributed by atoms with van der Waals surface area (Å²) in [6.07, 6.45) is 1.57. The van der Waals surface area contributed by atoms with Crippen LogP contribution < -0.4 is 10.6 Å². The number of amides is 2.